The van der Waals surface area contributed by atoms with Gasteiger partial charge in [-0.25, -0.2) is 0 Å². The average molecular weight is 459 g/mol. The van der Waals surface area contributed by atoms with E-state index in [1.165, 1.54) is 0 Å². The van der Waals surface area contributed by atoms with E-state index in [0.29, 0.717) is 6.08 Å². The van der Waals surface area contributed by atoms with Crippen molar-refractivity contribution >= 4 is 17.6 Å². The molecule has 0 radical (unpaired) electrons. The molecule has 0 unspecified atom stereocenters. The largest absolute Gasteiger partial charge is 0.461 e. The molecule has 0 aliphatic heterocycles. The smallest absolute Gasteiger partial charge is 0.459 e. The molecular weight excluding hydrogens is 439 g/mol. The number of carbonyl (C=O) groups excluding carboxylic acids is 1. The van der Waals surface area contributed by atoms with Gasteiger partial charge in [-0.1, -0.05) is 80.1 Å². The van der Waals surface area contributed by atoms with Crippen molar-refractivity contribution in [3.63, 3.8) is 0 Å². The van der Waals surface area contributed by atoms with Gasteiger partial charge in [0, 0.05) is 0 Å². The summed E-state index contributed by atoms with van der Waals surface area (Å²) in [5.41, 5.74) is 1.80. The monoisotopic (exact) mass is 458 g/mol. The van der Waals surface area contributed by atoms with Gasteiger partial charge in [-0.15, -0.1) is 0 Å². The van der Waals surface area contributed by atoms with Gasteiger partial charge in [-0.3, -0.25) is 4.79 Å². The number of ether oxygens (including phenoxy) is 1. The van der Waals surface area contributed by atoms with Gasteiger partial charge in [0.2, 0.25) is 0 Å². The lowest BCUT2D eigenvalue weighted by molar-refractivity contribution is -0.261. The van der Waals surface area contributed by atoms with E-state index in [1.54, 1.807) is 19.9 Å². The molecule has 2 nitrogen and oxygen atoms in total. The van der Waals surface area contributed by atoms with Crippen molar-refractivity contribution in [3.8, 4) is 11.1 Å². The van der Waals surface area contributed by atoms with Crippen LogP contribution in [0.15, 0.2) is 65.7 Å². The second kappa shape index (κ2) is 8.26. The van der Waals surface area contributed by atoms with Crippen molar-refractivity contribution in [1.29, 1.82) is 0 Å². The van der Waals surface area contributed by atoms with Crippen molar-refractivity contribution < 1.29 is 31.5 Å². The number of hydrogen-bond donors (Lipinski definition) is 0. The van der Waals surface area contributed by atoms with Crippen LogP contribution in [0.4, 0.5) is 22.0 Å². The molecule has 3 rings (SSSR count). The Bertz CT molecular complexity index is 983. The Balaban J connectivity index is 1.67. The van der Waals surface area contributed by atoms with Crippen LogP contribution in [-0.2, 0) is 16.1 Å². The van der Waals surface area contributed by atoms with Gasteiger partial charge in [0.1, 0.15) is 6.61 Å². The first kappa shape index (κ1) is 23.3. The fourth-order valence-corrected chi connectivity index (χ4v) is 3.80. The first-order valence-corrected chi connectivity index (χ1v) is 9.87. The van der Waals surface area contributed by atoms with Crippen LogP contribution >= 0.6 is 11.6 Å². The van der Waals surface area contributed by atoms with E-state index < -0.39 is 40.4 Å². The first-order valence-electron chi connectivity index (χ1n) is 9.49. The summed E-state index contributed by atoms with van der Waals surface area (Å²) in [7, 11) is 0. The third-order valence-corrected chi connectivity index (χ3v) is 5.93. The maximum absolute atomic E-state index is 13.4. The highest BCUT2D eigenvalue weighted by Gasteiger charge is 2.64. The lowest BCUT2D eigenvalue weighted by Crippen LogP contribution is -2.36. The fourth-order valence-electron chi connectivity index (χ4n) is 3.55. The minimum absolute atomic E-state index is 0.0467. The van der Waals surface area contributed by atoms with E-state index >= 15 is 0 Å². The normalized spacial score (nSPS) is 21.0. The zero-order valence-electron chi connectivity index (χ0n) is 16.7. The summed E-state index contributed by atoms with van der Waals surface area (Å²) in [6.45, 7) is 3.13. The molecule has 31 heavy (non-hydrogen) atoms. The zero-order chi connectivity index (χ0) is 23.0. The van der Waals surface area contributed by atoms with Gasteiger partial charge in [0.15, 0.2) is 0 Å². The predicted molar refractivity (Wildman–Crippen MR) is 107 cm³/mol. The highest BCUT2D eigenvalue weighted by molar-refractivity contribution is 6.30. The Hall–Kier alpha value is -2.41. The van der Waals surface area contributed by atoms with E-state index in [9.17, 15) is 26.7 Å². The minimum atomic E-state index is -5.81. The Labute approximate surface area is 181 Å². The zero-order valence-corrected chi connectivity index (χ0v) is 17.5. The Morgan fingerprint density at radius 1 is 1.03 bits per heavy atom. The number of benzene rings is 2. The number of esters is 1. The average Bonchev–Trinajstić information content (AvgIpc) is 3.26. The minimum Gasteiger partial charge on any atom is -0.461 e. The van der Waals surface area contributed by atoms with Crippen LogP contribution < -0.4 is 0 Å². The van der Waals surface area contributed by atoms with Crippen molar-refractivity contribution in [1.82, 2.24) is 0 Å². The van der Waals surface area contributed by atoms with Crippen molar-refractivity contribution in [2.75, 3.05) is 0 Å². The number of alkyl halides is 5. The molecule has 2 aromatic carbocycles. The van der Waals surface area contributed by atoms with Gasteiger partial charge in [0.25, 0.3) is 0 Å². The summed E-state index contributed by atoms with van der Waals surface area (Å²) in [5.74, 6) is -7.57. The van der Waals surface area contributed by atoms with Crippen LogP contribution in [0.25, 0.3) is 11.1 Å². The van der Waals surface area contributed by atoms with Crippen LogP contribution in [0.1, 0.15) is 19.4 Å². The van der Waals surface area contributed by atoms with Crippen molar-refractivity contribution in [2.45, 2.75) is 32.6 Å². The number of carbonyl (C=O) groups is 1. The number of allylic oxidation sites excluding steroid dienone is 2. The molecule has 0 bridgehead atoms. The third kappa shape index (κ3) is 4.76. The molecule has 1 aliphatic rings. The second-order valence-electron chi connectivity index (χ2n) is 8.09. The molecule has 0 aromatic heterocycles. The summed E-state index contributed by atoms with van der Waals surface area (Å²) in [6.07, 6.45) is -5.18. The number of halogens is 6. The second-order valence-corrected chi connectivity index (χ2v) is 8.49. The van der Waals surface area contributed by atoms with Crippen LogP contribution in [0.3, 0.4) is 0 Å². The summed E-state index contributed by atoms with van der Waals surface area (Å²) < 4.78 is 69.6. The number of rotatable bonds is 6. The Morgan fingerprint density at radius 3 is 2.26 bits per heavy atom. The molecule has 0 amide bonds. The summed E-state index contributed by atoms with van der Waals surface area (Å²) in [4.78, 5) is 12.5. The van der Waals surface area contributed by atoms with Gasteiger partial charge in [-0.2, -0.15) is 22.0 Å². The highest BCUT2D eigenvalue weighted by atomic mass is 35.5. The quantitative estimate of drug-likeness (QED) is 0.344. The molecular formula is C23H20ClF5O2. The topological polar surface area (TPSA) is 26.3 Å². The molecule has 2 atom stereocenters. The Kier molecular flexibility index (Phi) is 6.20. The third-order valence-electron chi connectivity index (χ3n) is 5.56. The van der Waals surface area contributed by atoms with Crippen LogP contribution in [0.2, 0.25) is 0 Å². The first-order chi connectivity index (χ1) is 14.4. The number of hydrogen-bond acceptors (Lipinski definition) is 2. The van der Waals surface area contributed by atoms with Gasteiger partial charge in [0.05, 0.1) is 11.0 Å². The fraction of sp³-hybridized carbons (Fsp3) is 0.348. The lowest BCUT2D eigenvalue weighted by Gasteiger charge is -2.18. The molecule has 0 saturated heterocycles. The van der Waals surface area contributed by atoms with Crippen molar-refractivity contribution in [2.24, 2.45) is 17.3 Å². The van der Waals surface area contributed by atoms with Gasteiger partial charge in [-0.05, 0) is 34.1 Å². The SMILES string of the molecule is CC1(C)[C@H](C=C(Cl)C(F)(F)C(F)(F)F)[C@@H]1C(=O)OCc1cccc(-c2ccccc2)c1. The lowest BCUT2D eigenvalue weighted by atomic mass is 10.0. The molecule has 1 fully saturated rings. The summed E-state index contributed by atoms with van der Waals surface area (Å²) in [6, 6.07) is 16.9. The highest BCUT2D eigenvalue weighted by Crippen LogP contribution is 2.61. The molecule has 0 N–H and O–H groups in total. The van der Waals surface area contributed by atoms with Crippen LogP contribution in [0.5, 0.6) is 0 Å². The predicted octanol–water partition coefficient (Wildman–Crippen LogP) is 6.99. The molecule has 0 spiro atoms. The van der Waals surface area contributed by atoms with Crippen LogP contribution in [-0.4, -0.2) is 18.1 Å². The van der Waals surface area contributed by atoms with E-state index in [2.05, 4.69) is 0 Å². The van der Waals surface area contributed by atoms with E-state index in [1.807, 2.05) is 48.5 Å². The molecule has 1 aliphatic carbocycles. The van der Waals surface area contributed by atoms with E-state index in [0.717, 1.165) is 16.7 Å². The molecule has 2 aromatic rings. The van der Waals surface area contributed by atoms with Crippen molar-refractivity contribution in [3.05, 3.63) is 71.3 Å². The van der Waals surface area contributed by atoms with Crippen LogP contribution in [0, 0.1) is 17.3 Å². The Morgan fingerprint density at radius 2 is 1.65 bits per heavy atom. The van der Waals surface area contributed by atoms with Gasteiger partial charge >= 0.3 is 18.1 Å². The van der Waals surface area contributed by atoms with Gasteiger partial charge < -0.3 is 4.74 Å². The molecule has 8 heteroatoms. The molecule has 1 saturated carbocycles. The molecule has 0 heterocycles. The van der Waals surface area contributed by atoms with E-state index in [-0.39, 0.29) is 6.61 Å². The summed E-state index contributed by atoms with van der Waals surface area (Å²) in [5, 5.41) is -1.64. The molecule has 166 valence electrons. The van der Waals surface area contributed by atoms with E-state index in [4.69, 9.17) is 16.3 Å². The summed E-state index contributed by atoms with van der Waals surface area (Å²) >= 11 is 5.28. The maximum Gasteiger partial charge on any atom is 0.459 e. The standard InChI is InChI=1S/C23H20ClF5O2/c1-21(2)17(12-18(24)22(25,26)23(27,28)29)19(21)20(30)31-13-14-7-6-10-16(11-14)15-8-4-3-5-9-15/h3-12,17,19H,13H2,1-2H3/t17-,19-/m1/s1. The maximum atomic E-state index is 13.4.